The Morgan fingerprint density at radius 1 is 0.691 bits per heavy atom. The van der Waals surface area contributed by atoms with Crippen molar-refractivity contribution in [1.29, 1.82) is 0 Å². The molecule has 0 aromatic rings. The van der Waals surface area contributed by atoms with Crippen molar-refractivity contribution in [2.75, 3.05) is 47.5 Å². The molecule has 55 heavy (non-hydrogen) atoms. The van der Waals surface area contributed by atoms with Gasteiger partial charge in [0.25, 0.3) is 7.82 Å². The predicted octanol–water partition coefficient (Wildman–Crippen LogP) is 9.81. The van der Waals surface area contributed by atoms with Crippen molar-refractivity contribution in [1.82, 2.24) is 0 Å². The minimum absolute atomic E-state index is 0.0198. The number of hydrogen-bond donors (Lipinski definition) is 2. The second-order valence-corrected chi connectivity index (χ2v) is 16.8. The van der Waals surface area contributed by atoms with E-state index in [0.717, 1.165) is 44.9 Å². The summed E-state index contributed by atoms with van der Waals surface area (Å²) in [4.78, 5) is 25.0. The smallest absolute Gasteiger partial charge is 0.306 e. The van der Waals surface area contributed by atoms with Gasteiger partial charge in [-0.15, -0.1) is 0 Å². The second kappa shape index (κ2) is 36.3. The number of ether oxygens (including phenoxy) is 2. The summed E-state index contributed by atoms with van der Waals surface area (Å²) in [7, 11) is 1.14. The largest absolute Gasteiger partial charge is 0.756 e. The Balaban J connectivity index is 4.59. The van der Waals surface area contributed by atoms with Gasteiger partial charge in [-0.25, -0.2) is 0 Å². The lowest BCUT2D eigenvalue weighted by Crippen LogP contribution is -2.37. The van der Waals surface area contributed by atoms with Crippen LogP contribution in [0.4, 0.5) is 0 Å². The molecule has 2 N–H and O–H groups in total. The van der Waals surface area contributed by atoms with E-state index < -0.39 is 38.7 Å². The number of carbonyl (C=O) groups excluding carboxylic acids is 1. The number of likely N-dealkylation sites (N-methyl/N-ethyl adjacent to an activating group) is 1. The first kappa shape index (κ1) is 53.0. The van der Waals surface area contributed by atoms with Gasteiger partial charge in [0, 0.05) is 6.42 Å². The van der Waals surface area contributed by atoms with Crippen LogP contribution in [0.5, 0.6) is 0 Å². The number of aliphatic hydroxyl groups is 2. The molecule has 0 rings (SSSR count). The maximum absolute atomic E-state index is 12.7. The molecule has 0 aromatic heterocycles. The molecule has 320 valence electrons. The minimum atomic E-state index is -4.62. The van der Waals surface area contributed by atoms with Crippen LogP contribution in [0.25, 0.3) is 0 Å². The molecule has 0 heterocycles. The number of aliphatic hydroxyl groups excluding tert-OH is 2. The van der Waals surface area contributed by atoms with Crippen LogP contribution in [0.3, 0.4) is 0 Å². The highest BCUT2D eigenvalue weighted by Gasteiger charge is 2.21. The molecule has 0 bridgehead atoms. The highest BCUT2D eigenvalue weighted by molar-refractivity contribution is 7.45. The summed E-state index contributed by atoms with van der Waals surface area (Å²) in [6, 6.07) is 0. The van der Waals surface area contributed by atoms with Crippen LogP contribution in [-0.2, 0) is 27.9 Å². The summed E-state index contributed by atoms with van der Waals surface area (Å²) in [5.74, 6) is -0.579. The number of quaternary nitrogens is 1. The molecule has 0 aliphatic heterocycles. The monoisotopic (exact) mass is 798 g/mol. The number of unbranched alkanes of at least 4 members (excludes halogenated alkanes) is 12. The van der Waals surface area contributed by atoms with Crippen molar-refractivity contribution in [3.63, 3.8) is 0 Å². The molecule has 0 saturated carbocycles. The van der Waals surface area contributed by atoms with Crippen LogP contribution in [0.15, 0.2) is 60.9 Å². The molecule has 0 saturated heterocycles. The molecule has 0 fully saturated rings. The van der Waals surface area contributed by atoms with E-state index in [9.17, 15) is 24.5 Å². The third-order valence-electron chi connectivity index (χ3n) is 8.85. The Morgan fingerprint density at radius 2 is 1.24 bits per heavy atom. The zero-order valence-electron chi connectivity index (χ0n) is 35.3. The normalized spacial score (nSPS) is 15.5. The zero-order valence-corrected chi connectivity index (χ0v) is 36.2. The van der Waals surface area contributed by atoms with Crippen LogP contribution in [-0.4, -0.2) is 86.5 Å². The zero-order chi connectivity index (χ0) is 40.9. The fourth-order valence-electron chi connectivity index (χ4n) is 5.42. The van der Waals surface area contributed by atoms with Gasteiger partial charge in [0.2, 0.25) is 0 Å². The van der Waals surface area contributed by atoms with Gasteiger partial charge in [0.15, 0.2) is 6.10 Å². The van der Waals surface area contributed by atoms with Crippen LogP contribution in [0.1, 0.15) is 149 Å². The number of carbonyl (C=O) groups is 1. The van der Waals surface area contributed by atoms with E-state index in [1.54, 1.807) is 6.26 Å². The van der Waals surface area contributed by atoms with Crippen LogP contribution < -0.4 is 4.89 Å². The van der Waals surface area contributed by atoms with E-state index in [0.29, 0.717) is 17.4 Å². The number of phosphoric ester groups is 1. The van der Waals surface area contributed by atoms with Gasteiger partial charge in [-0.2, -0.15) is 0 Å². The third-order valence-corrected chi connectivity index (χ3v) is 9.81. The van der Waals surface area contributed by atoms with Crippen molar-refractivity contribution in [3.05, 3.63) is 60.9 Å². The summed E-state index contributed by atoms with van der Waals surface area (Å²) >= 11 is 0. The van der Waals surface area contributed by atoms with Crippen molar-refractivity contribution in [3.8, 4) is 0 Å². The molecule has 0 aliphatic rings. The fraction of sp³-hybridized carbons (Fsp3) is 0.750. The molecule has 11 heteroatoms. The summed E-state index contributed by atoms with van der Waals surface area (Å²) < 4.78 is 34.0. The lowest BCUT2D eigenvalue weighted by Gasteiger charge is -2.28. The van der Waals surface area contributed by atoms with Gasteiger partial charge < -0.3 is 38.1 Å². The standard InChI is InChI=1S/C44H80NO9P/c1-6-8-10-12-14-16-18-20-21-23-25-27-29-31-37-51-39-41(40-53-55(49,50)52-38-36-45(3,4)5)54-44(48)35-32-34-43(47)42(46)33-30-28-26-24-22-19-17-15-13-11-9-7-2/h9,11,15,17,22,24,28,30-31,37,41-43,46-47H,6-8,10,12-14,16,18-21,23,25-27,29,32-36,38-40H2,1-5H3/b11-9-,17-15-,24-22-,30-28-,37-31+/t41-,42-,43-/m1/s1. The Bertz CT molecular complexity index is 1100. The Labute approximate surface area is 336 Å². The molecular formula is C44H80NO9P. The molecule has 0 aliphatic carbocycles. The number of nitrogens with zero attached hydrogens (tertiary/aromatic N) is 1. The first-order valence-corrected chi connectivity index (χ1v) is 22.7. The molecule has 0 amide bonds. The Morgan fingerprint density at radius 3 is 1.80 bits per heavy atom. The molecule has 0 radical (unpaired) electrons. The fourth-order valence-corrected chi connectivity index (χ4v) is 6.15. The Hall–Kier alpha value is -2.04. The van der Waals surface area contributed by atoms with E-state index in [4.69, 9.17) is 18.5 Å². The molecule has 10 nitrogen and oxygen atoms in total. The van der Waals surface area contributed by atoms with Gasteiger partial charge in [0.05, 0.1) is 46.2 Å². The number of esters is 1. The van der Waals surface area contributed by atoms with E-state index in [2.05, 4.69) is 50.3 Å². The average molecular weight is 798 g/mol. The summed E-state index contributed by atoms with van der Waals surface area (Å²) in [5, 5.41) is 20.8. The highest BCUT2D eigenvalue weighted by atomic mass is 31.2. The lowest BCUT2D eigenvalue weighted by atomic mass is 10.0. The predicted molar refractivity (Wildman–Crippen MR) is 224 cm³/mol. The van der Waals surface area contributed by atoms with Crippen molar-refractivity contribution < 1.29 is 47.5 Å². The van der Waals surface area contributed by atoms with E-state index in [1.807, 2.05) is 39.4 Å². The second-order valence-electron chi connectivity index (χ2n) is 15.3. The van der Waals surface area contributed by atoms with Crippen molar-refractivity contribution in [2.24, 2.45) is 0 Å². The summed E-state index contributed by atoms with van der Waals surface area (Å²) in [6.45, 7) is 4.26. The molecule has 1 unspecified atom stereocenters. The molecule has 0 spiro atoms. The number of allylic oxidation sites excluding steroid dienone is 8. The number of phosphoric acid groups is 1. The van der Waals surface area contributed by atoms with Gasteiger partial charge in [-0.05, 0) is 63.9 Å². The molecule has 4 atom stereocenters. The summed E-state index contributed by atoms with van der Waals surface area (Å²) in [5.41, 5.74) is 0. The van der Waals surface area contributed by atoms with Crippen LogP contribution >= 0.6 is 7.82 Å². The maximum Gasteiger partial charge on any atom is 0.306 e. The van der Waals surface area contributed by atoms with Crippen LogP contribution in [0.2, 0.25) is 0 Å². The average Bonchev–Trinajstić information content (AvgIpc) is 3.13. The minimum Gasteiger partial charge on any atom is -0.756 e. The van der Waals surface area contributed by atoms with E-state index in [1.165, 1.54) is 64.2 Å². The number of rotatable bonds is 38. The Kier molecular flexibility index (Phi) is 35.0. The van der Waals surface area contributed by atoms with E-state index in [-0.39, 0.29) is 32.5 Å². The first-order chi connectivity index (χ1) is 26.4. The molecule has 0 aromatic carbocycles. The summed E-state index contributed by atoms with van der Waals surface area (Å²) in [6.07, 6.45) is 37.8. The topological polar surface area (TPSA) is 135 Å². The maximum atomic E-state index is 12.7. The lowest BCUT2D eigenvalue weighted by molar-refractivity contribution is -0.870. The van der Waals surface area contributed by atoms with Crippen LogP contribution in [0, 0.1) is 0 Å². The SMILES string of the molecule is CC/C=C\C/C=C\C/C=C\C/C=C\C[C@@H](O)[C@H](O)CCCC(=O)O[C@H](CO/C=C/CCCCCCCCCCCCCC)COP(=O)([O-])OCC[N+](C)(C)C. The number of hydrogen-bond acceptors (Lipinski definition) is 9. The highest BCUT2D eigenvalue weighted by Crippen LogP contribution is 2.38. The first-order valence-electron chi connectivity index (χ1n) is 21.2. The van der Waals surface area contributed by atoms with E-state index >= 15 is 0 Å². The molecular weight excluding hydrogens is 717 g/mol. The van der Waals surface area contributed by atoms with Gasteiger partial charge >= 0.3 is 5.97 Å². The van der Waals surface area contributed by atoms with Gasteiger partial charge in [0.1, 0.15) is 19.8 Å². The van der Waals surface area contributed by atoms with Gasteiger partial charge in [-0.1, -0.05) is 133 Å². The van der Waals surface area contributed by atoms with Gasteiger partial charge in [-0.3, -0.25) is 9.36 Å². The third kappa shape index (κ3) is 38.6. The van der Waals surface area contributed by atoms with Crippen molar-refractivity contribution in [2.45, 2.75) is 167 Å². The quantitative estimate of drug-likeness (QED) is 0.0156. The van der Waals surface area contributed by atoms with Crippen molar-refractivity contribution >= 4 is 13.8 Å².